The van der Waals surface area contributed by atoms with Crippen LogP contribution < -0.4 is 11.1 Å². The van der Waals surface area contributed by atoms with Crippen LogP contribution in [0.15, 0.2) is 30.3 Å². The topological polar surface area (TPSA) is 75.4 Å². The van der Waals surface area contributed by atoms with Gasteiger partial charge in [0.2, 0.25) is 5.91 Å². The molecule has 1 atom stereocenters. The number of nitrogens with two attached hydrogens (primary N) is 1. The zero-order chi connectivity index (χ0) is 12.3. The van der Waals surface area contributed by atoms with Crippen molar-refractivity contribution >= 4 is 5.91 Å². The number of carbonyl (C=O) groups excluding carboxylic acids is 1. The Morgan fingerprint density at radius 3 is 2.65 bits per heavy atom. The quantitative estimate of drug-likeness (QED) is 0.689. The van der Waals surface area contributed by atoms with Gasteiger partial charge in [0.25, 0.3) is 0 Å². The predicted molar refractivity (Wildman–Crippen MR) is 65.4 cm³/mol. The molecule has 0 aromatic heterocycles. The summed E-state index contributed by atoms with van der Waals surface area (Å²) in [5, 5.41) is 12.4. The minimum absolute atomic E-state index is 0.251. The van der Waals surface area contributed by atoms with Crippen LogP contribution in [-0.2, 0) is 4.79 Å². The second kappa shape index (κ2) is 5.29. The third-order valence-electron chi connectivity index (χ3n) is 3.34. The molecule has 1 aliphatic rings. The molecule has 1 unspecified atom stereocenters. The molecule has 92 valence electrons. The van der Waals surface area contributed by atoms with Crippen LogP contribution in [0.25, 0.3) is 0 Å². The van der Waals surface area contributed by atoms with E-state index in [0.29, 0.717) is 12.0 Å². The van der Waals surface area contributed by atoms with E-state index in [1.807, 2.05) is 18.2 Å². The van der Waals surface area contributed by atoms with Crippen molar-refractivity contribution in [1.82, 2.24) is 5.32 Å². The van der Waals surface area contributed by atoms with Crippen molar-refractivity contribution in [3.05, 3.63) is 35.9 Å². The number of benzene rings is 1. The predicted octanol–water partition coefficient (Wildman–Crippen LogP) is 0.368. The molecule has 1 saturated carbocycles. The number of rotatable bonds is 5. The van der Waals surface area contributed by atoms with E-state index in [1.54, 1.807) is 0 Å². The summed E-state index contributed by atoms with van der Waals surface area (Å²) in [6.07, 6.45) is 1.02. The number of hydrogen-bond donors (Lipinski definition) is 3. The fourth-order valence-electron chi connectivity index (χ4n) is 2.16. The van der Waals surface area contributed by atoms with Gasteiger partial charge in [-0.2, -0.15) is 0 Å². The van der Waals surface area contributed by atoms with E-state index in [-0.39, 0.29) is 6.54 Å². The molecule has 4 N–H and O–H groups in total. The lowest BCUT2D eigenvalue weighted by molar-refractivity contribution is -0.125. The first-order chi connectivity index (χ1) is 8.16. The zero-order valence-corrected chi connectivity index (χ0v) is 9.67. The van der Waals surface area contributed by atoms with Gasteiger partial charge >= 0.3 is 0 Å². The highest BCUT2D eigenvalue weighted by Gasteiger charge is 2.30. The summed E-state index contributed by atoms with van der Waals surface area (Å²) in [7, 11) is 0. The van der Waals surface area contributed by atoms with Crippen molar-refractivity contribution in [3.8, 4) is 0 Å². The summed E-state index contributed by atoms with van der Waals surface area (Å²) in [5.41, 5.74) is 6.33. The van der Waals surface area contributed by atoms with E-state index >= 15 is 0 Å². The first kappa shape index (κ1) is 12.1. The van der Waals surface area contributed by atoms with Crippen LogP contribution in [0.2, 0.25) is 0 Å². The molecule has 0 heterocycles. The molecular weight excluding hydrogens is 216 g/mol. The Morgan fingerprint density at radius 1 is 1.41 bits per heavy atom. The monoisotopic (exact) mass is 234 g/mol. The average Bonchev–Trinajstić information content (AvgIpc) is 2.28. The largest absolute Gasteiger partial charge is 0.382 e. The van der Waals surface area contributed by atoms with Crippen LogP contribution >= 0.6 is 0 Å². The lowest BCUT2D eigenvalue weighted by atomic mass is 9.76. The van der Waals surface area contributed by atoms with Crippen molar-refractivity contribution in [2.75, 3.05) is 6.54 Å². The van der Waals surface area contributed by atoms with Gasteiger partial charge in [-0.3, -0.25) is 4.79 Å². The molecule has 1 aromatic rings. The molecule has 1 aliphatic carbocycles. The Balaban J connectivity index is 1.71. The molecule has 4 heteroatoms. The summed E-state index contributed by atoms with van der Waals surface area (Å²) in [6.45, 7) is 0.251. The maximum Gasteiger partial charge on any atom is 0.247 e. The highest BCUT2D eigenvalue weighted by molar-refractivity contribution is 5.78. The van der Waals surface area contributed by atoms with Crippen molar-refractivity contribution < 1.29 is 9.90 Å². The molecule has 1 aromatic carbocycles. The van der Waals surface area contributed by atoms with Gasteiger partial charge in [-0.05, 0) is 24.3 Å². The fourth-order valence-corrected chi connectivity index (χ4v) is 2.16. The molecule has 1 fully saturated rings. The van der Waals surface area contributed by atoms with E-state index in [4.69, 9.17) is 5.73 Å². The highest BCUT2D eigenvalue weighted by Crippen LogP contribution is 2.36. The van der Waals surface area contributed by atoms with E-state index in [1.165, 1.54) is 5.56 Å². The summed E-state index contributed by atoms with van der Waals surface area (Å²) < 4.78 is 0. The second-order valence-electron chi connectivity index (χ2n) is 4.60. The molecule has 0 spiro atoms. The minimum atomic E-state index is -1.08. The first-order valence-electron chi connectivity index (χ1n) is 5.92. The molecule has 0 aliphatic heterocycles. The number of amides is 1. The number of carbonyl (C=O) groups is 1. The number of aliphatic hydroxyl groups excluding tert-OH is 1. The third kappa shape index (κ3) is 3.05. The minimum Gasteiger partial charge on any atom is -0.382 e. The Labute approximate surface area is 101 Å². The van der Waals surface area contributed by atoms with Gasteiger partial charge < -0.3 is 16.2 Å². The standard InChI is InChI=1S/C13H18N2O2/c14-13(17)12(16)8-15-11-6-10(7-11)9-4-2-1-3-5-9/h1-5,10-12,15-16H,6-8H2,(H2,14,17). The molecule has 17 heavy (non-hydrogen) atoms. The lowest BCUT2D eigenvalue weighted by Crippen LogP contribution is -2.46. The molecule has 4 nitrogen and oxygen atoms in total. The summed E-state index contributed by atoms with van der Waals surface area (Å²) >= 11 is 0. The van der Waals surface area contributed by atoms with Gasteiger partial charge in [-0.25, -0.2) is 0 Å². The maximum absolute atomic E-state index is 10.6. The smallest absolute Gasteiger partial charge is 0.247 e. The average molecular weight is 234 g/mol. The number of primary amides is 1. The van der Waals surface area contributed by atoms with Gasteiger partial charge in [0.05, 0.1) is 0 Å². The van der Waals surface area contributed by atoms with Crippen LogP contribution in [0.5, 0.6) is 0 Å². The Hall–Kier alpha value is -1.39. The van der Waals surface area contributed by atoms with E-state index in [9.17, 15) is 9.90 Å². The molecule has 0 bridgehead atoms. The Morgan fingerprint density at radius 2 is 2.06 bits per heavy atom. The van der Waals surface area contributed by atoms with Crippen molar-refractivity contribution in [3.63, 3.8) is 0 Å². The maximum atomic E-state index is 10.6. The molecule has 0 saturated heterocycles. The molecule has 1 amide bonds. The first-order valence-corrected chi connectivity index (χ1v) is 5.92. The highest BCUT2D eigenvalue weighted by atomic mass is 16.3. The second-order valence-corrected chi connectivity index (χ2v) is 4.60. The Bertz CT molecular complexity index is 374. The van der Waals surface area contributed by atoms with Crippen LogP contribution in [0.3, 0.4) is 0 Å². The lowest BCUT2D eigenvalue weighted by Gasteiger charge is -2.36. The van der Waals surface area contributed by atoms with Crippen molar-refractivity contribution in [2.45, 2.75) is 30.9 Å². The number of nitrogens with one attached hydrogen (secondary N) is 1. The van der Waals surface area contributed by atoms with E-state index < -0.39 is 12.0 Å². The van der Waals surface area contributed by atoms with Crippen molar-refractivity contribution in [1.29, 1.82) is 0 Å². The van der Waals surface area contributed by atoms with Crippen LogP contribution in [0, 0.1) is 0 Å². The molecule has 2 rings (SSSR count). The normalized spacial score (nSPS) is 25.0. The third-order valence-corrected chi connectivity index (χ3v) is 3.34. The van der Waals surface area contributed by atoms with Gasteiger partial charge in [-0.15, -0.1) is 0 Å². The fraction of sp³-hybridized carbons (Fsp3) is 0.462. The number of hydrogen-bond acceptors (Lipinski definition) is 3. The zero-order valence-electron chi connectivity index (χ0n) is 9.67. The molecular formula is C13H18N2O2. The summed E-state index contributed by atoms with van der Waals surface area (Å²) in [5.74, 6) is -0.0733. The number of aliphatic hydroxyl groups is 1. The van der Waals surface area contributed by atoms with Gasteiger partial charge in [-0.1, -0.05) is 30.3 Å². The summed E-state index contributed by atoms with van der Waals surface area (Å²) in [6, 6.07) is 10.8. The van der Waals surface area contributed by atoms with Crippen molar-refractivity contribution in [2.24, 2.45) is 5.73 Å². The van der Waals surface area contributed by atoms with E-state index in [2.05, 4.69) is 17.4 Å². The SMILES string of the molecule is NC(=O)C(O)CNC1CC(c2ccccc2)C1. The van der Waals surface area contributed by atoms with Crippen LogP contribution in [-0.4, -0.2) is 29.7 Å². The van der Waals surface area contributed by atoms with Gasteiger partial charge in [0, 0.05) is 12.6 Å². The van der Waals surface area contributed by atoms with Crippen LogP contribution in [0.1, 0.15) is 24.3 Å². The molecule has 0 radical (unpaired) electrons. The Kier molecular flexibility index (Phi) is 3.76. The van der Waals surface area contributed by atoms with Gasteiger partial charge in [0.1, 0.15) is 6.10 Å². The van der Waals surface area contributed by atoms with Gasteiger partial charge in [0.15, 0.2) is 0 Å². The summed E-state index contributed by atoms with van der Waals surface area (Å²) in [4.78, 5) is 10.6. The van der Waals surface area contributed by atoms with Crippen LogP contribution in [0.4, 0.5) is 0 Å². The van der Waals surface area contributed by atoms with E-state index in [0.717, 1.165) is 12.8 Å².